The SMILES string of the molecule is CC(C)N1CCCC(O)(c2cnn(C)c2)CC1. The van der Waals surface area contributed by atoms with Crippen molar-refractivity contribution in [2.45, 2.75) is 44.8 Å². The Bertz CT molecular complexity index is 374. The molecule has 1 aromatic rings. The van der Waals surface area contributed by atoms with E-state index in [0.29, 0.717) is 6.04 Å². The topological polar surface area (TPSA) is 41.3 Å². The van der Waals surface area contributed by atoms with Crippen LogP contribution in [0.3, 0.4) is 0 Å². The minimum Gasteiger partial charge on any atom is -0.385 e. The lowest BCUT2D eigenvalue weighted by atomic mass is 9.89. The molecule has 2 rings (SSSR count). The summed E-state index contributed by atoms with van der Waals surface area (Å²) in [5.41, 5.74) is 0.281. The molecule has 0 radical (unpaired) electrons. The predicted octanol–water partition coefficient (Wildman–Crippen LogP) is 1.50. The van der Waals surface area contributed by atoms with Crippen LogP contribution < -0.4 is 0 Å². The Labute approximate surface area is 103 Å². The zero-order chi connectivity index (χ0) is 12.5. The van der Waals surface area contributed by atoms with Crippen molar-refractivity contribution in [2.24, 2.45) is 7.05 Å². The Hall–Kier alpha value is -0.870. The van der Waals surface area contributed by atoms with Crippen LogP contribution in [0.4, 0.5) is 0 Å². The third-order valence-corrected chi connectivity index (χ3v) is 3.82. The number of likely N-dealkylation sites (tertiary alicyclic amines) is 1. The summed E-state index contributed by atoms with van der Waals surface area (Å²) >= 11 is 0. The summed E-state index contributed by atoms with van der Waals surface area (Å²) in [6.07, 6.45) is 6.42. The van der Waals surface area contributed by atoms with Crippen LogP contribution in [0.5, 0.6) is 0 Å². The molecule has 0 spiro atoms. The van der Waals surface area contributed by atoms with Crippen LogP contribution in [-0.2, 0) is 12.6 Å². The van der Waals surface area contributed by atoms with Gasteiger partial charge in [-0.3, -0.25) is 4.68 Å². The summed E-state index contributed by atoms with van der Waals surface area (Å²) in [5.74, 6) is 0. The lowest BCUT2D eigenvalue weighted by molar-refractivity contribution is 0.0203. The molecule has 1 fully saturated rings. The molecule has 0 amide bonds. The van der Waals surface area contributed by atoms with E-state index in [9.17, 15) is 5.11 Å². The molecular formula is C13H23N3O. The predicted molar refractivity (Wildman–Crippen MR) is 67.7 cm³/mol. The van der Waals surface area contributed by atoms with E-state index in [0.717, 1.165) is 37.9 Å². The number of rotatable bonds is 2. The quantitative estimate of drug-likeness (QED) is 0.847. The molecule has 1 saturated heterocycles. The van der Waals surface area contributed by atoms with Crippen LogP contribution in [0.25, 0.3) is 0 Å². The van der Waals surface area contributed by atoms with Gasteiger partial charge in [0.05, 0.1) is 11.8 Å². The highest BCUT2D eigenvalue weighted by atomic mass is 16.3. The molecule has 1 aromatic heterocycles. The minimum absolute atomic E-state index is 0.561. The third kappa shape index (κ3) is 2.69. The molecule has 0 saturated carbocycles. The first kappa shape index (κ1) is 12.6. The Kier molecular flexibility index (Phi) is 3.54. The van der Waals surface area contributed by atoms with E-state index in [-0.39, 0.29) is 0 Å². The smallest absolute Gasteiger partial charge is 0.0939 e. The monoisotopic (exact) mass is 237 g/mol. The molecule has 4 nitrogen and oxygen atoms in total. The average Bonchev–Trinajstić information content (AvgIpc) is 2.59. The van der Waals surface area contributed by atoms with Gasteiger partial charge in [-0.1, -0.05) is 0 Å². The van der Waals surface area contributed by atoms with Crippen LogP contribution >= 0.6 is 0 Å². The van der Waals surface area contributed by atoms with Crippen molar-refractivity contribution < 1.29 is 5.11 Å². The highest BCUT2D eigenvalue weighted by molar-refractivity contribution is 5.15. The molecule has 1 N–H and O–H groups in total. The van der Waals surface area contributed by atoms with Crippen LogP contribution in [0.15, 0.2) is 12.4 Å². The van der Waals surface area contributed by atoms with Crippen molar-refractivity contribution in [3.05, 3.63) is 18.0 Å². The molecule has 1 unspecified atom stereocenters. The van der Waals surface area contributed by atoms with Gasteiger partial charge < -0.3 is 10.0 Å². The second-order valence-corrected chi connectivity index (χ2v) is 5.42. The van der Waals surface area contributed by atoms with Gasteiger partial charge in [-0.25, -0.2) is 0 Å². The fraction of sp³-hybridized carbons (Fsp3) is 0.769. The summed E-state index contributed by atoms with van der Waals surface area (Å²) in [4.78, 5) is 2.44. The normalized spacial score (nSPS) is 27.4. The van der Waals surface area contributed by atoms with Crippen molar-refractivity contribution in [3.8, 4) is 0 Å². The molecular weight excluding hydrogens is 214 g/mol. The van der Waals surface area contributed by atoms with Gasteiger partial charge >= 0.3 is 0 Å². The van der Waals surface area contributed by atoms with E-state index < -0.39 is 5.60 Å². The molecule has 0 bridgehead atoms. The van der Waals surface area contributed by atoms with E-state index in [1.807, 2.05) is 13.2 Å². The lowest BCUT2D eigenvalue weighted by Gasteiger charge is -2.27. The number of hydrogen-bond donors (Lipinski definition) is 1. The maximum Gasteiger partial charge on any atom is 0.0939 e. The Morgan fingerprint density at radius 2 is 2.12 bits per heavy atom. The van der Waals surface area contributed by atoms with Crippen molar-refractivity contribution in [2.75, 3.05) is 13.1 Å². The molecule has 1 aliphatic rings. The summed E-state index contributed by atoms with van der Waals surface area (Å²) in [5, 5.41) is 14.9. The summed E-state index contributed by atoms with van der Waals surface area (Å²) in [6, 6.07) is 0.561. The standard InChI is InChI=1S/C13H23N3O/c1-11(2)16-7-4-5-13(17,6-8-16)12-9-14-15(3)10-12/h9-11,17H,4-8H2,1-3H3. The molecule has 2 heterocycles. The van der Waals surface area contributed by atoms with Gasteiger partial charge in [0.15, 0.2) is 0 Å². The zero-order valence-electron chi connectivity index (χ0n) is 11.1. The molecule has 0 aliphatic carbocycles. The highest BCUT2D eigenvalue weighted by Crippen LogP contribution is 2.32. The summed E-state index contributed by atoms with van der Waals surface area (Å²) in [6.45, 7) is 6.48. The van der Waals surface area contributed by atoms with E-state index in [1.54, 1.807) is 10.9 Å². The van der Waals surface area contributed by atoms with Gasteiger partial charge in [0.25, 0.3) is 0 Å². The largest absolute Gasteiger partial charge is 0.385 e. The zero-order valence-corrected chi connectivity index (χ0v) is 11.1. The Balaban J connectivity index is 2.11. The minimum atomic E-state index is -0.683. The Morgan fingerprint density at radius 1 is 1.35 bits per heavy atom. The molecule has 4 heteroatoms. The summed E-state index contributed by atoms with van der Waals surface area (Å²) < 4.78 is 1.76. The third-order valence-electron chi connectivity index (χ3n) is 3.82. The van der Waals surface area contributed by atoms with Crippen molar-refractivity contribution >= 4 is 0 Å². The fourth-order valence-corrected chi connectivity index (χ4v) is 2.61. The molecule has 17 heavy (non-hydrogen) atoms. The van der Waals surface area contributed by atoms with E-state index >= 15 is 0 Å². The van der Waals surface area contributed by atoms with Crippen LogP contribution in [0.1, 0.15) is 38.7 Å². The average molecular weight is 237 g/mol. The first-order valence-electron chi connectivity index (χ1n) is 6.47. The molecule has 96 valence electrons. The Morgan fingerprint density at radius 3 is 2.71 bits per heavy atom. The highest BCUT2D eigenvalue weighted by Gasteiger charge is 2.33. The van der Waals surface area contributed by atoms with Gasteiger partial charge in [-0.2, -0.15) is 5.10 Å². The van der Waals surface area contributed by atoms with Gasteiger partial charge in [0, 0.05) is 31.4 Å². The second-order valence-electron chi connectivity index (χ2n) is 5.42. The maximum absolute atomic E-state index is 10.8. The number of hydrogen-bond acceptors (Lipinski definition) is 3. The first-order valence-corrected chi connectivity index (χ1v) is 6.47. The van der Waals surface area contributed by atoms with Crippen LogP contribution in [-0.4, -0.2) is 38.9 Å². The number of aromatic nitrogens is 2. The van der Waals surface area contributed by atoms with Crippen molar-refractivity contribution in [1.82, 2.24) is 14.7 Å². The second kappa shape index (κ2) is 4.78. The van der Waals surface area contributed by atoms with Crippen LogP contribution in [0.2, 0.25) is 0 Å². The number of aliphatic hydroxyl groups is 1. The van der Waals surface area contributed by atoms with Gasteiger partial charge in [0.1, 0.15) is 0 Å². The van der Waals surface area contributed by atoms with Gasteiger partial charge in [-0.15, -0.1) is 0 Å². The van der Waals surface area contributed by atoms with E-state index in [4.69, 9.17) is 0 Å². The van der Waals surface area contributed by atoms with Crippen molar-refractivity contribution in [3.63, 3.8) is 0 Å². The number of aryl methyl sites for hydroxylation is 1. The molecule has 1 atom stereocenters. The molecule has 0 aromatic carbocycles. The lowest BCUT2D eigenvalue weighted by Crippen LogP contribution is -2.33. The van der Waals surface area contributed by atoms with E-state index in [2.05, 4.69) is 23.8 Å². The maximum atomic E-state index is 10.8. The van der Waals surface area contributed by atoms with E-state index in [1.165, 1.54) is 0 Å². The van der Waals surface area contributed by atoms with Crippen LogP contribution in [0, 0.1) is 0 Å². The van der Waals surface area contributed by atoms with Crippen molar-refractivity contribution in [1.29, 1.82) is 0 Å². The van der Waals surface area contributed by atoms with Gasteiger partial charge in [0.2, 0.25) is 0 Å². The fourth-order valence-electron chi connectivity index (χ4n) is 2.61. The number of nitrogens with zero attached hydrogens (tertiary/aromatic N) is 3. The summed E-state index contributed by atoms with van der Waals surface area (Å²) in [7, 11) is 1.89. The molecule has 1 aliphatic heterocycles. The first-order chi connectivity index (χ1) is 8.01. The van der Waals surface area contributed by atoms with Gasteiger partial charge in [-0.05, 0) is 39.7 Å².